The Morgan fingerprint density at radius 1 is 1.50 bits per heavy atom. The molecule has 0 aliphatic carbocycles. The SMILES string of the molecule is CC1CC(NCc2ccc(Br)o2)CCN1C(=O)OC(C)(C)C. The van der Waals surface area contributed by atoms with Crippen molar-refractivity contribution < 1.29 is 13.9 Å². The molecular formula is C16H25BrN2O3. The maximum Gasteiger partial charge on any atom is 0.410 e. The van der Waals surface area contributed by atoms with Gasteiger partial charge >= 0.3 is 6.09 Å². The van der Waals surface area contributed by atoms with Crippen molar-refractivity contribution in [3.63, 3.8) is 0 Å². The summed E-state index contributed by atoms with van der Waals surface area (Å²) in [6.07, 6.45) is 1.63. The summed E-state index contributed by atoms with van der Waals surface area (Å²) in [5.41, 5.74) is -0.446. The fraction of sp³-hybridized carbons (Fsp3) is 0.688. The van der Waals surface area contributed by atoms with Crippen LogP contribution in [0.5, 0.6) is 0 Å². The molecule has 0 bridgehead atoms. The van der Waals surface area contributed by atoms with Crippen molar-refractivity contribution in [2.75, 3.05) is 6.54 Å². The molecule has 0 radical (unpaired) electrons. The number of carbonyl (C=O) groups excluding carboxylic acids is 1. The Balaban J connectivity index is 1.80. The highest BCUT2D eigenvalue weighted by atomic mass is 79.9. The van der Waals surface area contributed by atoms with Gasteiger partial charge in [-0.1, -0.05) is 0 Å². The maximum atomic E-state index is 12.2. The average Bonchev–Trinajstić information content (AvgIpc) is 2.80. The van der Waals surface area contributed by atoms with E-state index in [1.807, 2.05) is 37.8 Å². The fourth-order valence-corrected chi connectivity index (χ4v) is 2.98. The minimum Gasteiger partial charge on any atom is -0.453 e. The minimum atomic E-state index is -0.446. The number of halogens is 1. The van der Waals surface area contributed by atoms with Gasteiger partial charge in [-0.3, -0.25) is 0 Å². The van der Waals surface area contributed by atoms with E-state index < -0.39 is 5.60 Å². The first kappa shape index (κ1) is 17.3. The standard InChI is InChI=1S/C16H25BrN2O3/c1-11-9-12(18-10-13-5-6-14(17)21-13)7-8-19(11)15(20)22-16(2,3)4/h5-6,11-12,18H,7-10H2,1-4H3. The Labute approximate surface area is 140 Å². The van der Waals surface area contributed by atoms with Crippen LogP contribution >= 0.6 is 15.9 Å². The number of likely N-dealkylation sites (tertiary alicyclic amines) is 1. The van der Waals surface area contributed by atoms with Crippen molar-refractivity contribution in [1.29, 1.82) is 0 Å². The number of nitrogens with zero attached hydrogens (tertiary/aromatic N) is 1. The Bertz CT molecular complexity index is 510. The van der Waals surface area contributed by atoms with E-state index in [1.54, 1.807) is 0 Å². The number of nitrogens with one attached hydrogen (secondary N) is 1. The van der Waals surface area contributed by atoms with Gasteiger partial charge < -0.3 is 19.4 Å². The highest BCUT2D eigenvalue weighted by Crippen LogP contribution is 2.21. The van der Waals surface area contributed by atoms with E-state index in [9.17, 15) is 4.79 Å². The third kappa shape index (κ3) is 5.02. The lowest BCUT2D eigenvalue weighted by Crippen LogP contribution is -2.50. The molecular weight excluding hydrogens is 348 g/mol. The van der Waals surface area contributed by atoms with E-state index in [-0.39, 0.29) is 12.1 Å². The molecule has 1 aliphatic rings. The number of hydrogen-bond acceptors (Lipinski definition) is 4. The molecule has 1 aromatic rings. The molecule has 1 amide bonds. The number of piperidine rings is 1. The Morgan fingerprint density at radius 3 is 2.77 bits per heavy atom. The van der Waals surface area contributed by atoms with Gasteiger partial charge in [0.15, 0.2) is 4.67 Å². The third-order valence-corrected chi connectivity index (χ3v) is 4.12. The molecule has 1 aromatic heterocycles. The van der Waals surface area contributed by atoms with Crippen LogP contribution in [-0.2, 0) is 11.3 Å². The largest absolute Gasteiger partial charge is 0.453 e. The predicted molar refractivity (Wildman–Crippen MR) is 88.7 cm³/mol. The van der Waals surface area contributed by atoms with Gasteiger partial charge in [-0.2, -0.15) is 0 Å². The molecule has 1 saturated heterocycles. The molecule has 124 valence electrons. The van der Waals surface area contributed by atoms with E-state index in [0.717, 1.165) is 29.8 Å². The maximum absolute atomic E-state index is 12.2. The molecule has 2 unspecified atom stereocenters. The first-order valence-electron chi connectivity index (χ1n) is 7.72. The van der Waals surface area contributed by atoms with Crippen molar-refractivity contribution >= 4 is 22.0 Å². The zero-order chi connectivity index (χ0) is 16.3. The molecule has 1 aliphatic heterocycles. The fourth-order valence-electron chi connectivity index (χ4n) is 2.64. The molecule has 2 heterocycles. The topological polar surface area (TPSA) is 54.7 Å². The second-order valence-corrected chi connectivity index (χ2v) is 7.61. The zero-order valence-corrected chi connectivity index (χ0v) is 15.3. The number of hydrogen-bond donors (Lipinski definition) is 1. The van der Waals surface area contributed by atoms with Gasteiger partial charge in [0.1, 0.15) is 11.4 Å². The molecule has 6 heteroatoms. The molecule has 0 aromatic carbocycles. The number of ether oxygens (including phenoxy) is 1. The molecule has 0 saturated carbocycles. The summed E-state index contributed by atoms with van der Waals surface area (Å²) >= 11 is 3.30. The van der Waals surface area contributed by atoms with Gasteiger partial charge in [0.05, 0.1) is 6.54 Å². The van der Waals surface area contributed by atoms with Gasteiger partial charge in [0, 0.05) is 18.6 Å². The van der Waals surface area contributed by atoms with Crippen LogP contribution in [0.1, 0.15) is 46.3 Å². The van der Waals surface area contributed by atoms with Crippen molar-refractivity contribution in [2.45, 2.75) is 64.8 Å². The van der Waals surface area contributed by atoms with Crippen LogP contribution in [0.3, 0.4) is 0 Å². The Hall–Kier alpha value is -1.01. The number of rotatable bonds is 3. The van der Waals surface area contributed by atoms with E-state index >= 15 is 0 Å². The van der Waals surface area contributed by atoms with Crippen molar-refractivity contribution in [3.8, 4) is 0 Å². The van der Waals surface area contributed by atoms with Crippen molar-refractivity contribution in [2.24, 2.45) is 0 Å². The first-order valence-corrected chi connectivity index (χ1v) is 8.51. The van der Waals surface area contributed by atoms with Crippen molar-refractivity contribution in [1.82, 2.24) is 10.2 Å². The summed E-state index contributed by atoms with van der Waals surface area (Å²) in [6, 6.07) is 4.41. The molecule has 1 fully saturated rings. The lowest BCUT2D eigenvalue weighted by molar-refractivity contribution is 0.00925. The Kier molecular flexibility index (Phi) is 5.55. The monoisotopic (exact) mass is 372 g/mol. The van der Waals surface area contributed by atoms with Crippen LogP contribution in [0.4, 0.5) is 4.79 Å². The molecule has 2 rings (SSSR count). The zero-order valence-electron chi connectivity index (χ0n) is 13.7. The van der Waals surface area contributed by atoms with E-state index in [4.69, 9.17) is 9.15 Å². The normalized spacial score (nSPS) is 22.7. The van der Waals surface area contributed by atoms with E-state index in [1.165, 1.54) is 0 Å². The molecule has 0 spiro atoms. The number of carbonyl (C=O) groups is 1. The molecule has 22 heavy (non-hydrogen) atoms. The summed E-state index contributed by atoms with van der Waals surface area (Å²) in [4.78, 5) is 14.0. The first-order chi connectivity index (χ1) is 10.2. The number of furan rings is 1. The summed E-state index contributed by atoms with van der Waals surface area (Å²) in [5, 5.41) is 3.50. The van der Waals surface area contributed by atoms with Crippen LogP contribution in [0.2, 0.25) is 0 Å². The van der Waals surface area contributed by atoms with Gasteiger partial charge in [0.25, 0.3) is 0 Å². The lowest BCUT2D eigenvalue weighted by Gasteiger charge is -2.38. The van der Waals surface area contributed by atoms with Crippen LogP contribution in [0.25, 0.3) is 0 Å². The summed E-state index contributed by atoms with van der Waals surface area (Å²) in [7, 11) is 0. The van der Waals surface area contributed by atoms with E-state index in [0.29, 0.717) is 12.6 Å². The average molecular weight is 373 g/mol. The van der Waals surface area contributed by atoms with Gasteiger partial charge in [-0.15, -0.1) is 0 Å². The highest BCUT2D eigenvalue weighted by Gasteiger charge is 2.31. The number of amides is 1. The summed E-state index contributed by atoms with van der Waals surface area (Å²) < 4.78 is 11.7. The predicted octanol–water partition coefficient (Wildman–Crippen LogP) is 3.92. The van der Waals surface area contributed by atoms with Gasteiger partial charge in [-0.25, -0.2) is 4.79 Å². The second-order valence-electron chi connectivity index (χ2n) is 6.83. The molecule has 1 N–H and O–H groups in total. The molecule has 2 atom stereocenters. The van der Waals surface area contributed by atoms with Crippen LogP contribution in [0.15, 0.2) is 21.2 Å². The van der Waals surface area contributed by atoms with Gasteiger partial charge in [0.2, 0.25) is 0 Å². The summed E-state index contributed by atoms with van der Waals surface area (Å²) in [5.74, 6) is 0.911. The minimum absolute atomic E-state index is 0.171. The van der Waals surface area contributed by atoms with E-state index in [2.05, 4.69) is 28.2 Å². The highest BCUT2D eigenvalue weighted by molar-refractivity contribution is 9.10. The second kappa shape index (κ2) is 7.04. The van der Waals surface area contributed by atoms with Crippen LogP contribution in [0, 0.1) is 0 Å². The molecule has 5 nitrogen and oxygen atoms in total. The Morgan fingerprint density at radius 2 is 2.23 bits per heavy atom. The third-order valence-electron chi connectivity index (χ3n) is 3.70. The van der Waals surface area contributed by atoms with Gasteiger partial charge in [-0.05, 0) is 68.6 Å². The summed E-state index contributed by atoms with van der Waals surface area (Å²) in [6.45, 7) is 9.17. The quantitative estimate of drug-likeness (QED) is 0.873. The van der Waals surface area contributed by atoms with Crippen LogP contribution in [-0.4, -0.2) is 35.2 Å². The van der Waals surface area contributed by atoms with Crippen molar-refractivity contribution in [3.05, 3.63) is 22.6 Å². The van der Waals surface area contributed by atoms with Crippen LogP contribution < -0.4 is 5.32 Å². The smallest absolute Gasteiger partial charge is 0.410 e. The lowest BCUT2D eigenvalue weighted by atomic mass is 9.98.